The van der Waals surface area contributed by atoms with E-state index < -0.39 is 0 Å². The van der Waals surface area contributed by atoms with Crippen molar-refractivity contribution in [3.05, 3.63) is 55.9 Å². The number of allylic oxidation sites excluding steroid dienone is 4. The van der Waals surface area contributed by atoms with Gasteiger partial charge < -0.3 is 0 Å². The molecule has 0 aliphatic carbocycles. The third kappa shape index (κ3) is 4.64. The van der Waals surface area contributed by atoms with E-state index in [2.05, 4.69) is 38.5 Å². The molecule has 4 aliphatic heterocycles. The van der Waals surface area contributed by atoms with E-state index in [0.29, 0.717) is 0 Å². The molecule has 0 atom stereocenters. The normalized spacial score (nSPS) is 23.2. The fourth-order valence-electron chi connectivity index (χ4n) is 2.03. The molecule has 0 spiro atoms. The summed E-state index contributed by atoms with van der Waals surface area (Å²) in [4.78, 5) is 2.87. The van der Waals surface area contributed by atoms with Crippen molar-refractivity contribution in [1.29, 1.82) is 0 Å². The van der Waals surface area contributed by atoms with Gasteiger partial charge in [0.25, 0.3) is 0 Å². The molecule has 0 N–H and O–H groups in total. The predicted octanol–water partition coefficient (Wildman–Crippen LogP) is 9.95. The molecule has 4 heterocycles. The summed E-state index contributed by atoms with van der Waals surface area (Å²) in [6.45, 7) is 4.41. The maximum atomic E-state index is 2.29. The summed E-state index contributed by atoms with van der Waals surface area (Å²) in [5.41, 5.74) is 0. The fraction of sp³-hybridized carbons (Fsp3) is 0.250. The van der Waals surface area contributed by atoms with Gasteiger partial charge in [-0.25, -0.2) is 0 Å². The molecular formula is C16H14S10. The van der Waals surface area contributed by atoms with Gasteiger partial charge in [0.05, 0.1) is 29.7 Å². The van der Waals surface area contributed by atoms with Gasteiger partial charge in [0, 0.05) is 4.24 Å². The van der Waals surface area contributed by atoms with E-state index >= 15 is 0 Å². The van der Waals surface area contributed by atoms with Crippen LogP contribution < -0.4 is 0 Å². The van der Waals surface area contributed by atoms with Crippen molar-refractivity contribution in [2.24, 2.45) is 0 Å². The van der Waals surface area contributed by atoms with Crippen molar-refractivity contribution in [1.82, 2.24) is 0 Å². The zero-order valence-corrected chi connectivity index (χ0v) is 22.4. The molecule has 4 rings (SSSR count). The summed E-state index contributed by atoms with van der Waals surface area (Å²) in [6.07, 6.45) is 8.93. The average molecular weight is 527 g/mol. The maximum Gasteiger partial charge on any atom is 0.0718 e. The first-order valence-electron chi connectivity index (χ1n) is 7.40. The third-order valence-electron chi connectivity index (χ3n) is 3.36. The SMILES string of the molecule is CSC1=C(SC)SC(=C2SC3=C(SC(=CC=C4SC(C)=C(C)S4)S3)S2)S1. The minimum Gasteiger partial charge on any atom is -0.121 e. The van der Waals surface area contributed by atoms with Gasteiger partial charge in [0.1, 0.15) is 0 Å². The first-order valence-corrected chi connectivity index (χ1v) is 16.4. The summed E-state index contributed by atoms with van der Waals surface area (Å²) in [6, 6.07) is 0. The second-order valence-electron chi connectivity index (χ2n) is 5.03. The van der Waals surface area contributed by atoms with Gasteiger partial charge in [-0.15, -0.1) is 23.5 Å². The molecule has 0 radical (unpaired) electrons. The number of hydrogen-bond donors (Lipinski definition) is 0. The van der Waals surface area contributed by atoms with E-state index in [1.54, 1.807) is 0 Å². The minimum absolute atomic E-state index is 1.39. The molecule has 0 bridgehead atoms. The Kier molecular flexibility index (Phi) is 7.65. The lowest BCUT2D eigenvalue weighted by molar-refractivity contribution is 1.57. The fourth-order valence-corrected chi connectivity index (χ4v) is 15.8. The largest absolute Gasteiger partial charge is 0.121 e. The smallest absolute Gasteiger partial charge is 0.0718 e. The molecule has 0 nitrogen and oxygen atoms in total. The van der Waals surface area contributed by atoms with E-state index in [4.69, 9.17) is 0 Å². The first-order chi connectivity index (χ1) is 12.6. The van der Waals surface area contributed by atoms with Crippen LogP contribution in [0.1, 0.15) is 13.8 Å². The molecule has 0 aromatic rings. The minimum atomic E-state index is 1.39. The van der Waals surface area contributed by atoms with Gasteiger partial charge >= 0.3 is 0 Å². The number of rotatable bonds is 3. The van der Waals surface area contributed by atoms with E-state index in [1.165, 1.54) is 43.7 Å². The van der Waals surface area contributed by atoms with Crippen LogP contribution in [0.3, 0.4) is 0 Å². The highest BCUT2D eigenvalue weighted by molar-refractivity contribution is 8.49. The lowest BCUT2D eigenvalue weighted by Crippen LogP contribution is -1.70. The second kappa shape index (κ2) is 9.39. The molecular weight excluding hydrogens is 513 g/mol. The quantitative estimate of drug-likeness (QED) is 0.346. The van der Waals surface area contributed by atoms with Crippen molar-refractivity contribution in [2.45, 2.75) is 13.8 Å². The lowest BCUT2D eigenvalue weighted by atomic mass is 10.6. The first kappa shape index (κ1) is 21.2. The van der Waals surface area contributed by atoms with Crippen LogP contribution in [0.25, 0.3) is 0 Å². The Hall–Kier alpha value is 1.94. The van der Waals surface area contributed by atoms with Crippen LogP contribution in [-0.2, 0) is 0 Å². The predicted molar refractivity (Wildman–Crippen MR) is 143 cm³/mol. The van der Waals surface area contributed by atoms with Gasteiger partial charge in [-0.2, -0.15) is 0 Å². The van der Waals surface area contributed by atoms with Crippen LogP contribution in [0.2, 0.25) is 0 Å². The van der Waals surface area contributed by atoms with Crippen LogP contribution in [0, 0.1) is 0 Å². The van der Waals surface area contributed by atoms with Crippen molar-refractivity contribution >= 4 is 118 Å². The van der Waals surface area contributed by atoms with Crippen LogP contribution in [0.5, 0.6) is 0 Å². The number of hydrogen-bond acceptors (Lipinski definition) is 10. The molecule has 10 heteroatoms. The molecule has 4 aliphatic rings. The van der Waals surface area contributed by atoms with E-state index in [0.717, 1.165) is 0 Å². The van der Waals surface area contributed by atoms with Crippen LogP contribution in [0.15, 0.2) is 55.9 Å². The van der Waals surface area contributed by atoms with E-state index in [-0.39, 0.29) is 0 Å². The van der Waals surface area contributed by atoms with Gasteiger partial charge in [0.2, 0.25) is 0 Å². The molecule has 0 aromatic heterocycles. The zero-order valence-electron chi connectivity index (χ0n) is 14.2. The zero-order chi connectivity index (χ0) is 18.3. The Morgan fingerprint density at radius 2 is 0.923 bits per heavy atom. The van der Waals surface area contributed by atoms with Gasteiger partial charge in [-0.05, 0) is 48.3 Å². The Bertz CT molecular complexity index is 783. The number of thioether (sulfide) groups is 10. The van der Waals surface area contributed by atoms with Gasteiger partial charge in [0.15, 0.2) is 0 Å². The summed E-state index contributed by atoms with van der Waals surface area (Å²) in [7, 11) is 0. The van der Waals surface area contributed by atoms with Crippen LogP contribution in [0.4, 0.5) is 0 Å². The molecule has 0 fully saturated rings. The monoisotopic (exact) mass is 526 g/mol. The van der Waals surface area contributed by atoms with Gasteiger partial charge in [-0.1, -0.05) is 94.1 Å². The topological polar surface area (TPSA) is 0 Å². The highest BCUT2D eigenvalue weighted by Gasteiger charge is 2.34. The Morgan fingerprint density at radius 1 is 0.538 bits per heavy atom. The van der Waals surface area contributed by atoms with Crippen molar-refractivity contribution in [2.75, 3.05) is 12.5 Å². The average Bonchev–Trinajstić information content (AvgIpc) is 3.35. The third-order valence-corrected chi connectivity index (χ3v) is 17.2. The maximum absolute atomic E-state index is 2.29. The molecule has 26 heavy (non-hydrogen) atoms. The second-order valence-corrected chi connectivity index (χ2v) is 17.4. The van der Waals surface area contributed by atoms with E-state index in [9.17, 15) is 0 Å². The highest BCUT2D eigenvalue weighted by atomic mass is 32.3. The Balaban J connectivity index is 1.38. The van der Waals surface area contributed by atoms with Crippen molar-refractivity contribution in [3.8, 4) is 0 Å². The lowest BCUT2D eigenvalue weighted by Gasteiger charge is -2.05. The summed E-state index contributed by atoms with van der Waals surface area (Å²) < 4.78 is 11.6. The van der Waals surface area contributed by atoms with Crippen LogP contribution in [-0.4, -0.2) is 12.5 Å². The molecule has 0 aromatic carbocycles. The summed E-state index contributed by atoms with van der Waals surface area (Å²) in [5, 5.41) is 0. The Morgan fingerprint density at radius 3 is 1.38 bits per heavy atom. The summed E-state index contributed by atoms with van der Waals surface area (Å²) >= 11 is 19.2. The van der Waals surface area contributed by atoms with Crippen LogP contribution >= 0.6 is 118 Å². The van der Waals surface area contributed by atoms with Crippen molar-refractivity contribution < 1.29 is 0 Å². The molecule has 0 saturated heterocycles. The molecule has 0 amide bonds. The summed E-state index contributed by atoms with van der Waals surface area (Å²) in [5.74, 6) is 0. The molecule has 138 valence electrons. The van der Waals surface area contributed by atoms with E-state index in [1.807, 2.05) is 118 Å². The molecule has 0 saturated carbocycles. The standard InChI is InChI=1S/C16H14S10/c1-7-8(2)20-9(19-7)5-6-10-21-13-14(22-10)26-16(25-13)15-23-11(17-3)12(18-4)24-15/h5-6H,1-4H3. The Labute approximate surface area is 197 Å². The molecule has 0 unspecified atom stereocenters. The van der Waals surface area contributed by atoms with Crippen molar-refractivity contribution in [3.63, 3.8) is 0 Å². The van der Waals surface area contributed by atoms with Gasteiger partial charge in [-0.3, -0.25) is 0 Å². The highest BCUT2D eigenvalue weighted by Crippen LogP contribution is 2.70.